The third kappa shape index (κ3) is 4.47. The molecule has 1 aromatic carbocycles. The SMILES string of the molecule is Cc1cc(N2CCCCS2(=O)=O)ccc1S(=O)(=O)NCCN(C)C. The quantitative estimate of drug-likeness (QED) is 0.793. The zero-order valence-electron chi connectivity index (χ0n) is 14.3. The van der Waals surface area contributed by atoms with Crippen molar-refractivity contribution in [3.63, 3.8) is 0 Å². The van der Waals surface area contributed by atoms with Gasteiger partial charge in [-0.15, -0.1) is 0 Å². The van der Waals surface area contributed by atoms with Gasteiger partial charge in [0.05, 0.1) is 16.3 Å². The molecular formula is C15H25N3O4S2. The highest BCUT2D eigenvalue weighted by atomic mass is 32.2. The Labute approximate surface area is 144 Å². The molecule has 0 spiro atoms. The second-order valence-corrected chi connectivity index (χ2v) is 9.99. The van der Waals surface area contributed by atoms with Crippen LogP contribution in [0.3, 0.4) is 0 Å². The van der Waals surface area contributed by atoms with Crippen LogP contribution in [0.15, 0.2) is 23.1 Å². The van der Waals surface area contributed by atoms with E-state index in [2.05, 4.69) is 4.72 Å². The second-order valence-electron chi connectivity index (χ2n) is 6.25. The molecule has 0 amide bonds. The molecule has 9 heteroatoms. The van der Waals surface area contributed by atoms with Gasteiger partial charge in [0.15, 0.2) is 0 Å². The van der Waals surface area contributed by atoms with Gasteiger partial charge in [-0.05, 0) is 57.6 Å². The molecule has 7 nitrogen and oxygen atoms in total. The van der Waals surface area contributed by atoms with E-state index in [1.807, 2.05) is 19.0 Å². The summed E-state index contributed by atoms with van der Waals surface area (Å²) in [6.07, 6.45) is 1.48. The molecule has 24 heavy (non-hydrogen) atoms. The van der Waals surface area contributed by atoms with Crippen LogP contribution in [0.1, 0.15) is 18.4 Å². The van der Waals surface area contributed by atoms with Crippen LogP contribution in [0.4, 0.5) is 5.69 Å². The maximum atomic E-state index is 12.4. The average molecular weight is 376 g/mol. The lowest BCUT2D eigenvalue weighted by Crippen LogP contribution is -2.38. The molecule has 1 aliphatic rings. The summed E-state index contributed by atoms with van der Waals surface area (Å²) in [7, 11) is -3.17. The molecule has 1 heterocycles. The van der Waals surface area contributed by atoms with E-state index in [1.165, 1.54) is 10.4 Å². The predicted molar refractivity (Wildman–Crippen MR) is 95.3 cm³/mol. The van der Waals surface area contributed by atoms with Crippen molar-refractivity contribution in [2.45, 2.75) is 24.7 Å². The van der Waals surface area contributed by atoms with Crippen molar-refractivity contribution < 1.29 is 16.8 Å². The van der Waals surface area contributed by atoms with Gasteiger partial charge in [-0.2, -0.15) is 0 Å². The maximum absolute atomic E-state index is 12.4. The van der Waals surface area contributed by atoms with Gasteiger partial charge in [0.1, 0.15) is 0 Å². The lowest BCUT2D eigenvalue weighted by atomic mass is 10.2. The topological polar surface area (TPSA) is 86.8 Å². The van der Waals surface area contributed by atoms with Crippen molar-refractivity contribution in [3.05, 3.63) is 23.8 Å². The van der Waals surface area contributed by atoms with Crippen molar-refractivity contribution in [1.29, 1.82) is 0 Å². The molecule has 1 aromatic rings. The van der Waals surface area contributed by atoms with Crippen LogP contribution in [0.2, 0.25) is 0 Å². The maximum Gasteiger partial charge on any atom is 0.240 e. The van der Waals surface area contributed by atoms with E-state index in [1.54, 1.807) is 19.1 Å². The Morgan fingerprint density at radius 1 is 1.25 bits per heavy atom. The van der Waals surface area contributed by atoms with E-state index < -0.39 is 20.0 Å². The molecule has 0 atom stereocenters. The number of sulfonamides is 2. The molecule has 0 aliphatic carbocycles. The van der Waals surface area contributed by atoms with Crippen LogP contribution in [-0.4, -0.2) is 61.2 Å². The van der Waals surface area contributed by atoms with Crippen molar-refractivity contribution in [2.24, 2.45) is 0 Å². The van der Waals surface area contributed by atoms with Crippen molar-refractivity contribution in [2.75, 3.05) is 43.8 Å². The fourth-order valence-electron chi connectivity index (χ4n) is 2.65. The zero-order chi connectivity index (χ0) is 18.0. The molecule has 0 aromatic heterocycles. The summed E-state index contributed by atoms with van der Waals surface area (Å²) in [6, 6.07) is 4.67. The number of benzene rings is 1. The highest BCUT2D eigenvalue weighted by Crippen LogP contribution is 2.27. The van der Waals surface area contributed by atoms with Gasteiger partial charge in [0.25, 0.3) is 0 Å². The predicted octanol–water partition coefficient (Wildman–Crippen LogP) is 0.765. The number of hydrogen-bond acceptors (Lipinski definition) is 5. The first kappa shape index (κ1) is 19.2. The Hall–Kier alpha value is -1.16. The third-order valence-corrected chi connectivity index (χ3v) is 7.43. The average Bonchev–Trinajstić information content (AvgIpc) is 2.45. The van der Waals surface area contributed by atoms with E-state index in [0.29, 0.717) is 37.3 Å². The molecule has 0 bridgehead atoms. The number of nitrogens with zero attached hydrogens (tertiary/aromatic N) is 2. The monoisotopic (exact) mass is 375 g/mol. The van der Waals surface area contributed by atoms with Crippen molar-refractivity contribution >= 4 is 25.7 Å². The highest BCUT2D eigenvalue weighted by molar-refractivity contribution is 7.92. The summed E-state index contributed by atoms with van der Waals surface area (Å²) in [5.41, 5.74) is 1.06. The molecule has 2 rings (SSSR count). The number of rotatable bonds is 6. The molecule has 1 N–H and O–H groups in total. The molecule has 1 saturated heterocycles. The van der Waals surface area contributed by atoms with Crippen LogP contribution < -0.4 is 9.03 Å². The van der Waals surface area contributed by atoms with E-state index in [-0.39, 0.29) is 10.6 Å². The molecule has 1 aliphatic heterocycles. The summed E-state index contributed by atoms with van der Waals surface area (Å²) in [5.74, 6) is 0.137. The largest absolute Gasteiger partial charge is 0.308 e. The minimum absolute atomic E-state index is 0.137. The van der Waals surface area contributed by atoms with E-state index in [4.69, 9.17) is 0 Å². The molecule has 1 fully saturated rings. The Morgan fingerprint density at radius 2 is 1.96 bits per heavy atom. The van der Waals surface area contributed by atoms with E-state index in [0.717, 1.165) is 6.42 Å². The number of anilines is 1. The fraction of sp³-hybridized carbons (Fsp3) is 0.600. The van der Waals surface area contributed by atoms with Crippen LogP contribution in [0.5, 0.6) is 0 Å². The number of nitrogens with one attached hydrogen (secondary N) is 1. The second kappa shape index (κ2) is 7.38. The Morgan fingerprint density at radius 3 is 2.54 bits per heavy atom. The fourth-order valence-corrected chi connectivity index (χ4v) is 5.53. The lowest BCUT2D eigenvalue weighted by Gasteiger charge is -2.28. The van der Waals surface area contributed by atoms with Crippen LogP contribution in [-0.2, 0) is 20.0 Å². The van der Waals surface area contributed by atoms with Crippen molar-refractivity contribution in [3.8, 4) is 0 Å². The smallest absolute Gasteiger partial charge is 0.240 e. The molecule has 0 radical (unpaired) electrons. The number of hydrogen-bond donors (Lipinski definition) is 1. The van der Waals surface area contributed by atoms with E-state index >= 15 is 0 Å². The summed E-state index contributed by atoms with van der Waals surface area (Å²) < 4.78 is 53.1. The molecular weight excluding hydrogens is 350 g/mol. The van der Waals surface area contributed by atoms with Crippen LogP contribution in [0.25, 0.3) is 0 Å². The minimum atomic E-state index is -3.61. The normalized spacial score (nSPS) is 18.1. The molecule has 136 valence electrons. The summed E-state index contributed by atoms with van der Waals surface area (Å²) in [6.45, 7) is 3.04. The molecule has 0 unspecified atom stereocenters. The Bertz CT molecular complexity index is 789. The first-order chi connectivity index (χ1) is 11.1. The third-order valence-electron chi connectivity index (χ3n) is 3.94. The standard InChI is InChI=1S/C15H25N3O4S2/c1-13-12-14(18-9-4-5-11-23(18,19)20)6-7-15(13)24(21,22)16-8-10-17(2)3/h6-7,12,16H,4-5,8-11H2,1-3H3. The lowest BCUT2D eigenvalue weighted by molar-refractivity contribution is 0.412. The summed E-state index contributed by atoms with van der Waals surface area (Å²) in [5, 5.41) is 0. The van der Waals surface area contributed by atoms with Crippen LogP contribution >= 0.6 is 0 Å². The van der Waals surface area contributed by atoms with Gasteiger partial charge in [0, 0.05) is 19.6 Å². The van der Waals surface area contributed by atoms with Gasteiger partial charge in [-0.25, -0.2) is 21.6 Å². The summed E-state index contributed by atoms with van der Waals surface area (Å²) >= 11 is 0. The zero-order valence-corrected chi connectivity index (χ0v) is 16.0. The minimum Gasteiger partial charge on any atom is -0.308 e. The van der Waals surface area contributed by atoms with E-state index in [9.17, 15) is 16.8 Å². The first-order valence-electron chi connectivity index (χ1n) is 7.89. The number of likely N-dealkylation sites (N-methyl/N-ethyl adjacent to an activating group) is 1. The summed E-state index contributed by atoms with van der Waals surface area (Å²) in [4.78, 5) is 2.07. The highest BCUT2D eigenvalue weighted by Gasteiger charge is 2.27. The first-order valence-corrected chi connectivity index (χ1v) is 11.0. The van der Waals surface area contributed by atoms with Gasteiger partial charge in [0.2, 0.25) is 20.0 Å². The van der Waals surface area contributed by atoms with Crippen LogP contribution in [0, 0.1) is 6.92 Å². The van der Waals surface area contributed by atoms with Gasteiger partial charge >= 0.3 is 0 Å². The van der Waals surface area contributed by atoms with Gasteiger partial charge in [-0.1, -0.05) is 0 Å². The number of aryl methyl sites for hydroxylation is 1. The van der Waals surface area contributed by atoms with Gasteiger partial charge < -0.3 is 4.90 Å². The van der Waals surface area contributed by atoms with Gasteiger partial charge in [-0.3, -0.25) is 4.31 Å². The molecule has 0 saturated carbocycles. The Balaban J connectivity index is 2.23. The van der Waals surface area contributed by atoms with Crippen molar-refractivity contribution in [1.82, 2.24) is 9.62 Å². The Kier molecular flexibility index (Phi) is 5.90.